The summed E-state index contributed by atoms with van der Waals surface area (Å²) in [6.07, 6.45) is 0. The fourth-order valence-corrected chi connectivity index (χ4v) is 1.40. The zero-order chi connectivity index (χ0) is 8.97. The molecule has 0 aliphatic carbocycles. The van der Waals surface area contributed by atoms with E-state index in [-0.39, 0.29) is 5.91 Å². The molecule has 0 fully saturated rings. The first-order valence-corrected chi connectivity index (χ1v) is 4.48. The van der Waals surface area contributed by atoms with E-state index in [9.17, 15) is 4.79 Å². The monoisotopic (exact) mass is 182 g/mol. The van der Waals surface area contributed by atoms with Crippen LogP contribution in [0.2, 0.25) is 0 Å². The Morgan fingerprint density at radius 1 is 1.58 bits per heavy atom. The predicted octanol–water partition coefficient (Wildman–Crippen LogP) is 1.61. The third-order valence-corrected chi connectivity index (χ3v) is 2.00. The summed E-state index contributed by atoms with van der Waals surface area (Å²) in [6, 6.07) is 1.96. The predicted molar refractivity (Wildman–Crippen MR) is 50.3 cm³/mol. The van der Waals surface area contributed by atoms with Crippen molar-refractivity contribution in [3.63, 3.8) is 0 Å². The average Bonchev–Trinajstić information content (AvgIpc) is 2.51. The highest BCUT2D eigenvalue weighted by Gasteiger charge is 1.96. The Morgan fingerprint density at radius 3 is 2.83 bits per heavy atom. The Morgan fingerprint density at radius 2 is 2.33 bits per heavy atom. The maximum atomic E-state index is 10.5. The van der Waals surface area contributed by atoms with Crippen LogP contribution in [0.5, 0.6) is 0 Å². The van der Waals surface area contributed by atoms with E-state index in [0.29, 0.717) is 0 Å². The van der Waals surface area contributed by atoms with Crippen LogP contribution in [-0.4, -0.2) is 11.6 Å². The molecule has 0 saturated carbocycles. The van der Waals surface area contributed by atoms with E-state index in [4.69, 9.17) is 0 Å². The van der Waals surface area contributed by atoms with Gasteiger partial charge in [0.1, 0.15) is 0 Å². The lowest BCUT2D eigenvalue weighted by Crippen LogP contribution is -2.14. The minimum absolute atomic E-state index is 0.149. The van der Waals surface area contributed by atoms with Gasteiger partial charge in [-0.25, -0.2) is 5.43 Å². The summed E-state index contributed by atoms with van der Waals surface area (Å²) < 4.78 is 0. The molecule has 0 saturated heterocycles. The van der Waals surface area contributed by atoms with E-state index in [1.54, 1.807) is 11.3 Å². The zero-order valence-electron chi connectivity index (χ0n) is 7.00. The summed E-state index contributed by atoms with van der Waals surface area (Å²) in [7, 11) is 0. The van der Waals surface area contributed by atoms with E-state index >= 15 is 0 Å². The van der Waals surface area contributed by atoms with Crippen molar-refractivity contribution in [2.45, 2.75) is 13.8 Å². The highest BCUT2D eigenvalue weighted by Crippen LogP contribution is 2.06. The van der Waals surface area contributed by atoms with Gasteiger partial charge in [0.15, 0.2) is 0 Å². The van der Waals surface area contributed by atoms with E-state index in [1.807, 2.05) is 23.8 Å². The maximum absolute atomic E-state index is 10.5. The standard InChI is InChI=1S/C8H10N2OS/c1-6(9-10-7(2)11)8-3-4-12-5-8/h3-5H,1-2H3,(H,10,11). The summed E-state index contributed by atoms with van der Waals surface area (Å²) in [6.45, 7) is 3.29. The number of carbonyl (C=O) groups excluding carboxylic acids is 1. The smallest absolute Gasteiger partial charge is 0.236 e. The molecule has 1 N–H and O–H groups in total. The number of nitrogens with zero attached hydrogens (tertiary/aromatic N) is 1. The molecule has 1 rings (SSSR count). The van der Waals surface area contributed by atoms with Gasteiger partial charge in [0.2, 0.25) is 5.91 Å². The summed E-state index contributed by atoms with van der Waals surface area (Å²) in [4.78, 5) is 10.5. The Balaban J connectivity index is 2.65. The Hall–Kier alpha value is -1.16. The molecule has 64 valence electrons. The molecule has 1 aromatic heterocycles. The molecule has 1 amide bonds. The van der Waals surface area contributed by atoms with Crippen LogP contribution in [0.25, 0.3) is 0 Å². The van der Waals surface area contributed by atoms with Gasteiger partial charge < -0.3 is 0 Å². The Bertz CT molecular complexity index is 290. The second-order valence-corrected chi connectivity index (χ2v) is 3.16. The molecule has 4 heteroatoms. The molecule has 0 aromatic carbocycles. The molecule has 0 aliphatic heterocycles. The number of nitrogens with one attached hydrogen (secondary N) is 1. The molecule has 0 aliphatic rings. The molecule has 0 atom stereocenters. The second-order valence-electron chi connectivity index (χ2n) is 2.38. The third kappa shape index (κ3) is 2.47. The first-order valence-electron chi connectivity index (χ1n) is 3.53. The lowest BCUT2D eigenvalue weighted by Gasteiger charge is -1.95. The molecule has 0 unspecified atom stereocenters. The summed E-state index contributed by atoms with van der Waals surface area (Å²) in [5.74, 6) is -0.149. The number of rotatable bonds is 2. The summed E-state index contributed by atoms with van der Waals surface area (Å²) in [5.41, 5.74) is 4.26. The number of hydrazone groups is 1. The quantitative estimate of drug-likeness (QED) is 0.548. The third-order valence-electron chi connectivity index (χ3n) is 1.32. The molecule has 0 radical (unpaired) electrons. The van der Waals surface area contributed by atoms with Crippen molar-refractivity contribution in [2.24, 2.45) is 5.10 Å². The van der Waals surface area contributed by atoms with Crippen molar-refractivity contribution in [3.05, 3.63) is 22.4 Å². The highest BCUT2D eigenvalue weighted by atomic mass is 32.1. The van der Waals surface area contributed by atoms with Crippen LogP contribution in [0.3, 0.4) is 0 Å². The number of amides is 1. The second kappa shape index (κ2) is 4.01. The molecule has 1 heterocycles. The van der Waals surface area contributed by atoms with Crippen LogP contribution in [0.1, 0.15) is 19.4 Å². The fraction of sp³-hybridized carbons (Fsp3) is 0.250. The van der Waals surface area contributed by atoms with Crippen molar-refractivity contribution in [3.8, 4) is 0 Å². The van der Waals surface area contributed by atoms with E-state index < -0.39 is 0 Å². The lowest BCUT2D eigenvalue weighted by molar-refractivity contribution is -0.118. The minimum atomic E-state index is -0.149. The fourth-order valence-electron chi connectivity index (χ4n) is 0.697. The molecule has 3 nitrogen and oxygen atoms in total. The molecule has 0 bridgehead atoms. The van der Waals surface area contributed by atoms with Gasteiger partial charge in [-0.15, -0.1) is 0 Å². The topological polar surface area (TPSA) is 41.5 Å². The van der Waals surface area contributed by atoms with Gasteiger partial charge in [-0.1, -0.05) is 0 Å². The van der Waals surface area contributed by atoms with Crippen molar-refractivity contribution in [1.82, 2.24) is 5.43 Å². The van der Waals surface area contributed by atoms with Gasteiger partial charge in [0.25, 0.3) is 0 Å². The number of carbonyl (C=O) groups is 1. The lowest BCUT2D eigenvalue weighted by atomic mass is 10.2. The van der Waals surface area contributed by atoms with Gasteiger partial charge in [0, 0.05) is 12.5 Å². The van der Waals surface area contributed by atoms with Crippen LogP contribution in [-0.2, 0) is 4.79 Å². The van der Waals surface area contributed by atoms with E-state index in [2.05, 4.69) is 10.5 Å². The Kier molecular flexibility index (Phi) is 2.99. The maximum Gasteiger partial charge on any atom is 0.236 e. The van der Waals surface area contributed by atoms with Crippen LogP contribution >= 0.6 is 11.3 Å². The van der Waals surface area contributed by atoms with Gasteiger partial charge in [-0.05, 0) is 23.8 Å². The van der Waals surface area contributed by atoms with Crippen molar-refractivity contribution in [2.75, 3.05) is 0 Å². The minimum Gasteiger partial charge on any atom is -0.274 e. The van der Waals surface area contributed by atoms with E-state index in [0.717, 1.165) is 11.3 Å². The zero-order valence-corrected chi connectivity index (χ0v) is 7.81. The molecule has 1 aromatic rings. The van der Waals surface area contributed by atoms with Gasteiger partial charge in [-0.2, -0.15) is 16.4 Å². The first kappa shape index (κ1) is 8.93. The molecular weight excluding hydrogens is 172 g/mol. The van der Waals surface area contributed by atoms with Crippen LogP contribution < -0.4 is 5.43 Å². The van der Waals surface area contributed by atoms with Crippen LogP contribution in [0.4, 0.5) is 0 Å². The van der Waals surface area contributed by atoms with Crippen molar-refractivity contribution in [1.29, 1.82) is 0 Å². The Labute approximate surface area is 75.1 Å². The van der Waals surface area contributed by atoms with Crippen LogP contribution in [0.15, 0.2) is 21.9 Å². The van der Waals surface area contributed by atoms with Gasteiger partial charge in [0.05, 0.1) is 5.71 Å². The number of thiophene rings is 1. The SMILES string of the molecule is CC(=O)NN=C(C)c1ccsc1. The summed E-state index contributed by atoms with van der Waals surface area (Å²) in [5, 5.41) is 7.85. The van der Waals surface area contributed by atoms with Crippen LogP contribution in [0, 0.1) is 0 Å². The largest absolute Gasteiger partial charge is 0.274 e. The molecule has 0 spiro atoms. The average molecular weight is 182 g/mol. The van der Waals surface area contributed by atoms with Crippen molar-refractivity contribution >= 4 is 23.0 Å². The molecular formula is C8H10N2OS. The highest BCUT2D eigenvalue weighted by molar-refractivity contribution is 7.08. The van der Waals surface area contributed by atoms with Gasteiger partial charge >= 0.3 is 0 Å². The summed E-state index contributed by atoms with van der Waals surface area (Å²) >= 11 is 1.61. The van der Waals surface area contributed by atoms with Gasteiger partial charge in [-0.3, -0.25) is 4.79 Å². The number of hydrogen-bond acceptors (Lipinski definition) is 3. The molecule has 12 heavy (non-hydrogen) atoms. The van der Waals surface area contributed by atoms with E-state index in [1.165, 1.54) is 6.92 Å². The normalized spacial score (nSPS) is 11.3. The number of hydrogen-bond donors (Lipinski definition) is 1. The first-order chi connectivity index (χ1) is 5.70. The van der Waals surface area contributed by atoms with Crippen molar-refractivity contribution < 1.29 is 4.79 Å².